The van der Waals surface area contributed by atoms with Crippen LogP contribution in [-0.4, -0.2) is 32.8 Å². The molecule has 0 bridgehead atoms. The van der Waals surface area contributed by atoms with Crippen molar-refractivity contribution in [1.82, 2.24) is 19.9 Å². The number of hydrogen-bond donors (Lipinski definition) is 0. The van der Waals surface area contributed by atoms with Crippen LogP contribution < -0.4 is 5.56 Å². The SMILES string of the molecule is CC(c1ccc(Cl)cc1)N(C)C(=O)CCn1nnc2ccccc2c1=O. The number of nitrogens with zero attached hydrogens (tertiary/aromatic N) is 4. The first kappa shape index (κ1) is 18.1. The van der Waals surface area contributed by atoms with Crippen LogP contribution in [0.15, 0.2) is 53.3 Å². The highest BCUT2D eigenvalue weighted by atomic mass is 35.5. The van der Waals surface area contributed by atoms with Gasteiger partial charge in [-0.3, -0.25) is 9.59 Å². The molecule has 2 aromatic carbocycles. The second-order valence-corrected chi connectivity index (χ2v) is 6.55. The van der Waals surface area contributed by atoms with E-state index in [9.17, 15) is 9.59 Å². The van der Waals surface area contributed by atoms with E-state index in [4.69, 9.17) is 11.6 Å². The van der Waals surface area contributed by atoms with Crippen LogP contribution in [0.3, 0.4) is 0 Å². The fourth-order valence-corrected chi connectivity index (χ4v) is 2.85. The summed E-state index contributed by atoms with van der Waals surface area (Å²) in [4.78, 5) is 26.6. The minimum Gasteiger partial charge on any atom is -0.339 e. The Hall–Kier alpha value is -2.73. The lowest BCUT2D eigenvalue weighted by Gasteiger charge is -2.25. The molecule has 0 saturated carbocycles. The van der Waals surface area contributed by atoms with Gasteiger partial charge in [-0.25, -0.2) is 4.68 Å². The number of aryl methyl sites for hydroxylation is 1. The molecule has 6 nitrogen and oxygen atoms in total. The maximum atomic E-state index is 12.5. The third-order valence-electron chi connectivity index (χ3n) is 4.49. The molecule has 0 aliphatic rings. The van der Waals surface area contributed by atoms with Crippen molar-refractivity contribution >= 4 is 28.4 Å². The standard InChI is InChI=1S/C19H19ClN4O2/c1-13(14-7-9-15(20)10-8-14)23(2)18(25)11-12-24-19(26)16-5-3-4-6-17(16)21-22-24/h3-10,13H,11-12H2,1-2H3. The molecule has 134 valence electrons. The molecule has 3 aromatic rings. The van der Waals surface area contributed by atoms with Gasteiger partial charge in [-0.1, -0.05) is 41.1 Å². The summed E-state index contributed by atoms with van der Waals surface area (Å²) in [7, 11) is 1.75. The molecule has 0 spiro atoms. The Bertz CT molecular complexity index is 985. The van der Waals surface area contributed by atoms with Gasteiger partial charge in [0, 0.05) is 18.5 Å². The Morgan fingerprint density at radius 3 is 2.62 bits per heavy atom. The number of benzene rings is 2. The molecule has 1 amide bonds. The number of hydrogen-bond acceptors (Lipinski definition) is 4. The van der Waals surface area contributed by atoms with Crippen molar-refractivity contribution < 1.29 is 4.79 Å². The van der Waals surface area contributed by atoms with Crippen molar-refractivity contribution in [2.24, 2.45) is 0 Å². The summed E-state index contributed by atoms with van der Waals surface area (Å²) in [5.74, 6) is -0.0747. The first-order valence-corrected chi connectivity index (χ1v) is 8.69. The topological polar surface area (TPSA) is 68.1 Å². The number of carbonyl (C=O) groups excluding carboxylic acids is 1. The third kappa shape index (κ3) is 3.75. The van der Waals surface area contributed by atoms with E-state index in [1.165, 1.54) is 4.68 Å². The summed E-state index contributed by atoms with van der Waals surface area (Å²) < 4.78 is 1.24. The van der Waals surface area contributed by atoms with Crippen LogP contribution in [0.25, 0.3) is 10.9 Å². The Morgan fingerprint density at radius 1 is 1.19 bits per heavy atom. The molecule has 1 heterocycles. The molecule has 1 unspecified atom stereocenters. The van der Waals surface area contributed by atoms with Crippen LogP contribution in [0.2, 0.25) is 5.02 Å². The molecule has 7 heteroatoms. The molecule has 0 fully saturated rings. The number of fused-ring (bicyclic) bond motifs is 1. The maximum Gasteiger partial charge on any atom is 0.277 e. The summed E-state index contributed by atoms with van der Waals surface area (Å²) in [5, 5.41) is 9.11. The van der Waals surface area contributed by atoms with Crippen LogP contribution >= 0.6 is 11.6 Å². The highest BCUT2D eigenvalue weighted by Crippen LogP contribution is 2.21. The fraction of sp³-hybridized carbons (Fsp3) is 0.263. The second-order valence-electron chi connectivity index (χ2n) is 6.12. The van der Waals surface area contributed by atoms with E-state index in [-0.39, 0.29) is 30.5 Å². The van der Waals surface area contributed by atoms with Gasteiger partial charge >= 0.3 is 0 Å². The average molecular weight is 371 g/mol. The molecule has 1 aromatic heterocycles. The van der Waals surface area contributed by atoms with Gasteiger partial charge < -0.3 is 4.90 Å². The van der Waals surface area contributed by atoms with E-state index in [0.29, 0.717) is 15.9 Å². The number of carbonyl (C=O) groups is 1. The quantitative estimate of drug-likeness (QED) is 0.692. The predicted molar refractivity (Wildman–Crippen MR) is 101 cm³/mol. The van der Waals surface area contributed by atoms with E-state index in [2.05, 4.69) is 10.3 Å². The van der Waals surface area contributed by atoms with Crippen LogP contribution in [-0.2, 0) is 11.3 Å². The van der Waals surface area contributed by atoms with Crippen molar-refractivity contribution in [3.8, 4) is 0 Å². The van der Waals surface area contributed by atoms with Crippen LogP contribution in [0, 0.1) is 0 Å². The maximum absolute atomic E-state index is 12.5. The fourth-order valence-electron chi connectivity index (χ4n) is 2.73. The third-order valence-corrected chi connectivity index (χ3v) is 4.75. The van der Waals surface area contributed by atoms with Crippen molar-refractivity contribution in [3.63, 3.8) is 0 Å². The molecule has 0 aliphatic heterocycles. The number of amides is 1. The molecule has 0 aliphatic carbocycles. The smallest absolute Gasteiger partial charge is 0.277 e. The molecular formula is C19H19ClN4O2. The highest BCUT2D eigenvalue weighted by Gasteiger charge is 2.18. The van der Waals surface area contributed by atoms with E-state index in [0.717, 1.165) is 5.56 Å². The van der Waals surface area contributed by atoms with E-state index in [1.807, 2.05) is 19.1 Å². The zero-order valence-corrected chi connectivity index (χ0v) is 15.3. The zero-order chi connectivity index (χ0) is 18.7. The normalized spacial score (nSPS) is 12.1. The molecule has 0 radical (unpaired) electrons. The Morgan fingerprint density at radius 2 is 1.88 bits per heavy atom. The second kappa shape index (κ2) is 7.66. The number of halogens is 1. The van der Waals surface area contributed by atoms with E-state index < -0.39 is 0 Å². The molecule has 1 atom stereocenters. The van der Waals surface area contributed by atoms with Gasteiger partial charge in [-0.2, -0.15) is 0 Å². The molecule has 3 rings (SSSR count). The lowest BCUT2D eigenvalue weighted by Crippen LogP contribution is -2.32. The number of rotatable bonds is 5. The highest BCUT2D eigenvalue weighted by molar-refractivity contribution is 6.30. The average Bonchev–Trinajstić information content (AvgIpc) is 2.67. The minimum absolute atomic E-state index is 0.0747. The summed E-state index contributed by atoms with van der Waals surface area (Å²) in [6.07, 6.45) is 0.168. The zero-order valence-electron chi connectivity index (χ0n) is 14.6. The largest absolute Gasteiger partial charge is 0.339 e. The summed E-state index contributed by atoms with van der Waals surface area (Å²) in [6, 6.07) is 14.3. The summed E-state index contributed by atoms with van der Waals surface area (Å²) >= 11 is 5.91. The van der Waals surface area contributed by atoms with Gasteiger partial charge in [0.2, 0.25) is 5.91 Å². The molecule has 0 saturated heterocycles. The minimum atomic E-state index is -0.239. The van der Waals surface area contributed by atoms with Gasteiger partial charge in [0.1, 0.15) is 5.52 Å². The summed E-state index contributed by atoms with van der Waals surface area (Å²) in [5.41, 5.74) is 1.30. The van der Waals surface area contributed by atoms with Crippen LogP contribution in [0.4, 0.5) is 0 Å². The molecule has 26 heavy (non-hydrogen) atoms. The Kier molecular flexibility index (Phi) is 5.32. The first-order chi connectivity index (χ1) is 12.5. The van der Waals surface area contributed by atoms with Crippen molar-refractivity contribution in [2.75, 3.05) is 7.05 Å². The number of aromatic nitrogens is 3. The predicted octanol–water partition coefficient (Wildman–Crippen LogP) is 3.05. The van der Waals surface area contributed by atoms with Crippen molar-refractivity contribution in [3.05, 3.63) is 69.5 Å². The van der Waals surface area contributed by atoms with Crippen molar-refractivity contribution in [1.29, 1.82) is 0 Å². The van der Waals surface area contributed by atoms with Gasteiger partial charge in [-0.05, 0) is 36.8 Å². The molecule has 0 N–H and O–H groups in total. The van der Waals surface area contributed by atoms with Gasteiger partial charge in [0.05, 0.1) is 18.0 Å². The van der Waals surface area contributed by atoms with Crippen molar-refractivity contribution in [2.45, 2.75) is 25.9 Å². The summed E-state index contributed by atoms with van der Waals surface area (Å²) in [6.45, 7) is 2.14. The Labute approximate surface area is 156 Å². The monoisotopic (exact) mass is 370 g/mol. The van der Waals surface area contributed by atoms with Crippen LogP contribution in [0.5, 0.6) is 0 Å². The van der Waals surface area contributed by atoms with Crippen LogP contribution in [0.1, 0.15) is 24.9 Å². The lowest BCUT2D eigenvalue weighted by atomic mass is 10.1. The van der Waals surface area contributed by atoms with Gasteiger partial charge in [0.15, 0.2) is 0 Å². The lowest BCUT2D eigenvalue weighted by molar-refractivity contribution is -0.132. The Balaban J connectivity index is 1.69. The van der Waals surface area contributed by atoms with Gasteiger partial charge in [-0.15, -0.1) is 5.10 Å². The van der Waals surface area contributed by atoms with Gasteiger partial charge in [0.25, 0.3) is 5.56 Å². The molecular weight excluding hydrogens is 352 g/mol. The first-order valence-electron chi connectivity index (χ1n) is 8.31. The van der Waals surface area contributed by atoms with E-state index in [1.54, 1.807) is 48.3 Å². The van der Waals surface area contributed by atoms with E-state index >= 15 is 0 Å².